The molecule has 0 unspecified atom stereocenters. The number of nitro groups is 1. The number of nitro benzene ring substituents is 1. The van der Waals surface area contributed by atoms with Gasteiger partial charge in [0.1, 0.15) is 0 Å². The largest absolute Gasteiger partial charge is 0.490 e. The first kappa shape index (κ1) is 22.7. The van der Waals surface area contributed by atoms with E-state index in [0.29, 0.717) is 43.2 Å². The van der Waals surface area contributed by atoms with Crippen molar-refractivity contribution in [2.45, 2.75) is 20.3 Å². The van der Waals surface area contributed by atoms with Gasteiger partial charge in [-0.25, -0.2) is 0 Å². The van der Waals surface area contributed by atoms with Crippen molar-refractivity contribution in [2.75, 3.05) is 26.4 Å². The number of rotatable bonds is 12. The van der Waals surface area contributed by atoms with Gasteiger partial charge in [-0.15, -0.1) is 0 Å². The van der Waals surface area contributed by atoms with E-state index in [4.69, 9.17) is 14.3 Å². The first-order valence-corrected chi connectivity index (χ1v) is 9.58. The van der Waals surface area contributed by atoms with Crippen molar-refractivity contribution in [1.29, 1.82) is 0 Å². The SMILES string of the molecule is CCOc1ccc(CCNC(=O)CO/N=C\c2cccc([N+](=O)[O-])c2)cc1OCC. The minimum atomic E-state index is -0.493. The van der Waals surface area contributed by atoms with Crippen LogP contribution in [0.15, 0.2) is 47.6 Å². The van der Waals surface area contributed by atoms with Crippen LogP contribution in [0.2, 0.25) is 0 Å². The number of amides is 1. The van der Waals surface area contributed by atoms with Crippen LogP contribution >= 0.6 is 0 Å². The summed E-state index contributed by atoms with van der Waals surface area (Å²) in [4.78, 5) is 27.0. The summed E-state index contributed by atoms with van der Waals surface area (Å²) in [6.45, 7) is 5.09. The molecule has 0 bridgehead atoms. The van der Waals surface area contributed by atoms with Gasteiger partial charge in [-0.1, -0.05) is 23.4 Å². The van der Waals surface area contributed by atoms with Crippen LogP contribution in [-0.2, 0) is 16.1 Å². The maximum absolute atomic E-state index is 11.9. The quantitative estimate of drug-likeness (QED) is 0.324. The van der Waals surface area contributed by atoms with Crippen molar-refractivity contribution < 1.29 is 24.0 Å². The van der Waals surface area contributed by atoms with Crippen molar-refractivity contribution in [3.63, 3.8) is 0 Å². The zero-order valence-corrected chi connectivity index (χ0v) is 17.0. The molecule has 0 aromatic heterocycles. The molecule has 0 atom stereocenters. The van der Waals surface area contributed by atoms with Crippen molar-refractivity contribution >= 4 is 17.8 Å². The molecule has 0 saturated carbocycles. The van der Waals surface area contributed by atoms with E-state index in [1.54, 1.807) is 12.1 Å². The van der Waals surface area contributed by atoms with E-state index in [2.05, 4.69) is 10.5 Å². The summed E-state index contributed by atoms with van der Waals surface area (Å²) in [5.74, 6) is 1.06. The number of hydrogen-bond donors (Lipinski definition) is 1. The molecule has 0 radical (unpaired) electrons. The lowest BCUT2D eigenvalue weighted by atomic mass is 10.1. The van der Waals surface area contributed by atoms with Crippen LogP contribution in [0.4, 0.5) is 5.69 Å². The molecule has 1 N–H and O–H groups in total. The highest BCUT2D eigenvalue weighted by Gasteiger charge is 2.07. The molecule has 0 aliphatic rings. The van der Waals surface area contributed by atoms with E-state index in [0.717, 1.165) is 5.56 Å². The second-order valence-corrected chi connectivity index (χ2v) is 6.11. The van der Waals surface area contributed by atoms with E-state index in [1.807, 2.05) is 32.0 Å². The number of carbonyl (C=O) groups is 1. The number of oxime groups is 1. The third kappa shape index (κ3) is 7.42. The fourth-order valence-corrected chi connectivity index (χ4v) is 2.56. The van der Waals surface area contributed by atoms with Gasteiger partial charge in [0.25, 0.3) is 11.6 Å². The van der Waals surface area contributed by atoms with Crippen molar-refractivity contribution in [1.82, 2.24) is 5.32 Å². The van der Waals surface area contributed by atoms with E-state index < -0.39 is 4.92 Å². The fraction of sp³-hybridized carbons (Fsp3) is 0.333. The minimum absolute atomic E-state index is 0.0431. The summed E-state index contributed by atoms with van der Waals surface area (Å²) >= 11 is 0. The molecular formula is C21H25N3O6. The first-order chi connectivity index (χ1) is 14.5. The van der Waals surface area contributed by atoms with E-state index >= 15 is 0 Å². The number of nitrogens with one attached hydrogen (secondary N) is 1. The van der Waals surface area contributed by atoms with Crippen LogP contribution in [0.5, 0.6) is 11.5 Å². The van der Waals surface area contributed by atoms with Gasteiger partial charge in [-0.3, -0.25) is 14.9 Å². The number of hydrogen-bond acceptors (Lipinski definition) is 7. The second kappa shape index (κ2) is 12.1. The Kier molecular flexibility index (Phi) is 9.11. The molecule has 1 amide bonds. The highest BCUT2D eigenvalue weighted by atomic mass is 16.6. The van der Waals surface area contributed by atoms with Gasteiger partial charge in [0.2, 0.25) is 0 Å². The number of nitrogens with zero attached hydrogens (tertiary/aromatic N) is 2. The minimum Gasteiger partial charge on any atom is -0.490 e. The summed E-state index contributed by atoms with van der Waals surface area (Å²) in [7, 11) is 0. The molecule has 2 aromatic rings. The molecule has 0 saturated heterocycles. The maximum atomic E-state index is 11.9. The van der Waals surface area contributed by atoms with Gasteiger partial charge in [-0.05, 0) is 38.0 Å². The molecule has 2 aromatic carbocycles. The molecule has 9 heteroatoms. The van der Waals surface area contributed by atoms with Gasteiger partial charge in [0.05, 0.1) is 24.4 Å². The van der Waals surface area contributed by atoms with Crippen LogP contribution in [0, 0.1) is 10.1 Å². The standard InChI is InChI=1S/C21H25N3O6/c1-3-28-19-9-8-16(13-20(19)29-4-2)10-11-22-21(25)15-30-23-14-17-6-5-7-18(12-17)24(26)27/h5-9,12-14H,3-4,10-11,15H2,1-2H3,(H,22,25)/b23-14-. The summed E-state index contributed by atoms with van der Waals surface area (Å²) < 4.78 is 11.1. The Morgan fingerprint density at radius 3 is 2.63 bits per heavy atom. The van der Waals surface area contributed by atoms with Gasteiger partial charge in [-0.2, -0.15) is 0 Å². The number of benzene rings is 2. The second-order valence-electron chi connectivity index (χ2n) is 6.11. The number of carbonyl (C=O) groups excluding carboxylic acids is 1. The van der Waals surface area contributed by atoms with Crippen LogP contribution < -0.4 is 14.8 Å². The Labute approximate surface area is 174 Å². The monoisotopic (exact) mass is 415 g/mol. The van der Waals surface area contributed by atoms with Crippen molar-refractivity contribution in [3.8, 4) is 11.5 Å². The lowest BCUT2D eigenvalue weighted by Crippen LogP contribution is -2.28. The van der Waals surface area contributed by atoms with Gasteiger partial charge < -0.3 is 19.6 Å². The zero-order chi connectivity index (χ0) is 21.8. The maximum Gasteiger partial charge on any atom is 0.270 e. The third-order valence-corrected chi connectivity index (χ3v) is 3.90. The molecule has 9 nitrogen and oxygen atoms in total. The Bertz CT molecular complexity index is 885. The van der Waals surface area contributed by atoms with Gasteiger partial charge in [0.15, 0.2) is 18.1 Å². The Morgan fingerprint density at radius 1 is 1.13 bits per heavy atom. The zero-order valence-electron chi connectivity index (χ0n) is 17.0. The fourth-order valence-electron chi connectivity index (χ4n) is 2.56. The lowest BCUT2D eigenvalue weighted by Gasteiger charge is -2.12. The number of ether oxygens (including phenoxy) is 2. The number of non-ortho nitro benzene ring substituents is 1. The predicted molar refractivity (Wildman–Crippen MR) is 112 cm³/mol. The predicted octanol–water partition coefficient (Wildman–Crippen LogP) is 3.10. The van der Waals surface area contributed by atoms with Crippen LogP contribution in [0.25, 0.3) is 0 Å². The smallest absolute Gasteiger partial charge is 0.270 e. The molecular weight excluding hydrogens is 390 g/mol. The van der Waals surface area contributed by atoms with Crippen molar-refractivity contribution in [3.05, 3.63) is 63.7 Å². The lowest BCUT2D eigenvalue weighted by molar-refractivity contribution is -0.384. The summed E-state index contributed by atoms with van der Waals surface area (Å²) in [6, 6.07) is 11.6. The molecule has 0 heterocycles. The highest BCUT2D eigenvalue weighted by Crippen LogP contribution is 2.28. The topological polar surface area (TPSA) is 112 Å². The first-order valence-electron chi connectivity index (χ1n) is 9.58. The average Bonchev–Trinajstić information content (AvgIpc) is 2.73. The van der Waals surface area contributed by atoms with E-state index in [1.165, 1.54) is 18.3 Å². The van der Waals surface area contributed by atoms with Crippen molar-refractivity contribution in [2.24, 2.45) is 5.16 Å². The van der Waals surface area contributed by atoms with Crippen LogP contribution in [-0.4, -0.2) is 43.4 Å². The van der Waals surface area contributed by atoms with E-state index in [-0.39, 0.29) is 18.2 Å². The Hall–Kier alpha value is -3.62. The molecule has 160 valence electrons. The molecule has 0 aliphatic carbocycles. The third-order valence-electron chi connectivity index (χ3n) is 3.90. The highest BCUT2D eigenvalue weighted by molar-refractivity contribution is 5.80. The van der Waals surface area contributed by atoms with E-state index in [9.17, 15) is 14.9 Å². The van der Waals surface area contributed by atoms with Gasteiger partial charge in [0, 0.05) is 24.2 Å². The van der Waals surface area contributed by atoms with Crippen LogP contribution in [0.1, 0.15) is 25.0 Å². The summed E-state index contributed by atoms with van der Waals surface area (Å²) in [5, 5.41) is 17.2. The molecule has 2 rings (SSSR count). The van der Waals surface area contributed by atoms with Gasteiger partial charge >= 0.3 is 0 Å². The Morgan fingerprint density at radius 2 is 1.90 bits per heavy atom. The summed E-state index contributed by atoms with van der Waals surface area (Å²) in [5.41, 5.74) is 1.47. The molecule has 0 fully saturated rings. The summed E-state index contributed by atoms with van der Waals surface area (Å²) in [6.07, 6.45) is 1.94. The average molecular weight is 415 g/mol. The Balaban J connectivity index is 1.75. The van der Waals surface area contributed by atoms with Crippen LogP contribution in [0.3, 0.4) is 0 Å². The molecule has 30 heavy (non-hydrogen) atoms. The molecule has 0 spiro atoms. The molecule has 0 aliphatic heterocycles. The normalized spacial score (nSPS) is 10.6.